The fourth-order valence-electron chi connectivity index (χ4n) is 12.1. The van der Waals surface area contributed by atoms with Crippen molar-refractivity contribution < 1.29 is 88.1 Å². The predicted octanol–water partition coefficient (Wildman–Crippen LogP) is -1.57. The average Bonchev–Trinajstić information content (AvgIpc) is 1.99. The van der Waals surface area contributed by atoms with E-state index in [9.17, 15) is 69.3 Å². The van der Waals surface area contributed by atoms with Gasteiger partial charge in [0, 0.05) is 87.9 Å². The Kier molecular flexibility index (Phi) is 23.0. The van der Waals surface area contributed by atoms with E-state index >= 15 is 0 Å². The van der Waals surface area contributed by atoms with Crippen LogP contribution in [0, 0.1) is 5.92 Å². The third-order valence-corrected chi connectivity index (χ3v) is 17.3. The highest BCUT2D eigenvalue weighted by Crippen LogP contribution is 2.35. The number of hydrogen-bond acceptors (Lipinski definition) is 22. The highest BCUT2D eigenvalue weighted by atomic mass is 32.2. The van der Waals surface area contributed by atoms with E-state index in [-0.39, 0.29) is 48.7 Å². The van der Waals surface area contributed by atoms with Crippen LogP contribution in [0.2, 0.25) is 0 Å². The third kappa shape index (κ3) is 16.4. The summed E-state index contributed by atoms with van der Waals surface area (Å²) in [5.74, 6) is -8.49. The maximum absolute atomic E-state index is 14.7. The fraction of sp³-hybridized carbons (Fsp3) is 0.569. The fourth-order valence-corrected chi connectivity index (χ4v) is 12.4. The number of hydrogen-bond donors (Lipinski definition) is 14. The molecule has 4 heterocycles. The molecule has 3 aromatic rings. The number of phenols is 1. The first-order chi connectivity index (χ1) is 41.6. The van der Waals surface area contributed by atoms with Crippen molar-refractivity contribution in [2.45, 2.75) is 150 Å². The van der Waals surface area contributed by atoms with Crippen LogP contribution in [-0.4, -0.2) is 217 Å². The summed E-state index contributed by atoms with van der Waals surface area (Å²) in [5.41, 5.74) is 9.42. The van der Waals surface area contributed by atoms with Gasteiger partial charge in [-0.3, -0.25) is 33.6 Å². The van der Waals surface area contributed by atoms with Gasteiger partial charge in [0.1, 0.15) is 36.3 Å². The Hall–Kier alpha value is -6.90. The van der Waals surface area contributed by atoms with E-state index < -0.39 is 158 Å². The Labute approximate surface area is 506 Å². The summed E-state index contributed by atoms with van der Waals surface area (Å²) in [6.07, 6.45) is -5.76. The number of carbonyl (C=O) groups excluding carboxylic acids is 7. The summed E-state index contributed by atoms with van der Waals surface area (Å²) >= 11 is 0.0876. The molecule has 476 valence electrons. The molecule has 3 aromatic carbocycles. The van der Waals surface area contributed by atoms with Crippen molar-refractivity contribution in [3.05, 3.63) is 83.4 Å². The van der Waals surface area contributed by atoms with Crippen LogP contribution in [0.15, 0.2) is 66.7 Å². The molecule has 0 unspecified atom stereocenters. The minimum atomic E-state index is -2.09. The van der Waals surface area contributed by atoms with Crippen LogP contribution in [0.25, 0.3) is 0 Å². The number of phenolic OH excluding ortho intramolecular Hbond substituents is 1. The van der Waals surface area contributed by atoms with Gasteiger partial charge in [-0.25, -0.2) is 5.26 Å². The Bertz CT molecular complexity index is 2860. The van der Waals surface area contributed by atoms with Crippen LogP contribution in [0.3, 0.4) is 0 Å². The van der Waals surface area contributed by atoms with Crippen molar-refractivity contribution in [3.63, 3.8) is 0 Å². The first-order valence-corrected chi connectivity index (χ1v) is 30.0. The van der Waals surface area contributed by atoms with Gasteiger partial charge >= 0.3 is 0 Å². The number of benzene rings is 3. The van der Waals surface area contributed by atoms with Crippen molar-refractivity contribution in [1.29, 1.82) is 0 Å². The molecule has 0 bridgehead atoms. The van der Waals surface area contributed by atoms with E-state index in [4.69, 9.17) is 15.2 Å². The summed E-state index contributed by atoms with van der Waals surface area (Å²) < 4.78 is 9.34. The van der Waals surface area contributed by atoms with Gasteiger partial charge in [0.25, 0.3) is 18.2 Å². The molecular weight excluding hydrogens is 1160 g/mol. The molecule has 1 saturated carbocycles. The van der Waals surface area contributed by atoms with Crippen LogP contribution < -0.4 is 46.3 Å². The Morgan fingerprint density at radius 2 is 1.36 bits per heavy atom. The molecular formula is C58H80N10O18S. The van der Waals surface area contributed by atoms with E-state index in [1.54, 1.807) is 24.3 Å². The van der Waals surface area contributed by atoms with Crippen molar-refractivity contribution >= 4 is 65.0 Å². The number of rotatable bonds is 16. The number of piperazine rings is 1. The summed E-state index contributed by atoms with van der Waals surface area (Å²) in [5, 5.41) is 103. The molecule has 5 aliphatic rings. The molecule has 87 heavy (non-hydrogen) atoms. The summed E-state index contributed by atoms with van der Waals surface area (Å²) in [4.78, 5) is 108. The topological polar surface area (TPSA) is 408 Å². The molecule has 4 aliphatic heterocycles. The smallest absolute Gasteiger partial charge is 0.261 e. The van der Waals surface area contributed by atoms with Crippen molar-refractivity contribution in [2.75, 3.05) is 62.2 Å². The highest BCUT2D eigenvalue weighted by Gasteiger charge is 2.50. The molecule has 0 aromatic heterocycles. The Morgan fingerprint density at radius 1 is 0.736 bits per heavy atom. The standard InChI is InChI=1S/C58H80N10O18S/c1-31-29-68-50(51(31)75)56(80)60-28-39(70)26-41(61-52(76)36-11-15-38(16-12-36)66-22-20-65(21-23-66)37-13-9-35(10-14-37)34-6-4-3-5-7-34)53(77)62-47(32(2)69)57(81)67-30-40(71)27-42(67)54(78)63-48(55(79)64-49(58(68)82)44(73)18-19-59)45(74)24-33-8-17-43(72)46(25-33)84-87-86-85-83/h8-17,25,31-32,34,39-42,44-45,47-51,69-75,83H,3-7,18-24,26-30,59H2,1-2H3,(H,60,80)(H,61,76)(H,62,77)(H,63,78)(H,64,79)/t31-,32+,39+,40+,41+,42+,44-,45-,47+,48+,49+,50+,51+/m1/s1. The van der Waals surface area contributed by atoms with E-state index in [0.29, 0.717) is 19.0 Å². The molecule has 1 aliphatic carbocycles. The molecule has 0 spiro atoms. The average molecular weight is 1240 g/mol. The number of carbonyl (C=O) groups is 7. The number of amides is 7. The normalized spacial score (nSPS) is 27.8. The zero-order chi connectivity index (χ0) is 62.6. The third-order valence-electron chi connectivity index (χ3n) is 17.0. The van der Waals surface area contributed by atoms with Crippen molar-refractivity contribution in [1.82, 2.24) is 36.4 Å². The zero-order valence-corrected chi connectivity index (χ0v) is 49.2. The van der Waals surface area contributed by atoms with Crippen molar-refractivity contribution in [3.8, 4) is 11.5 Å². The first kappa shape index (κ1) is 66.1. The quantitative estimate of drug-likeness (QED) is 0.0333. The molecule has 13 atom stereocenters. The van der Waals surface area contributed by atoms with Gasteiger partial charge in [-0.15, -0.1) is 0 Å². The predicted molar refractivity (Wildman–Crippen MR) is 313 cm³/mol. The second-order valence-electron chi connectivity index (χ2n) is 23.1. The van der Waals surface area contributed by atoms with Gasteiger partial charge in [0.15, 0.2) is 11.5 Å². The molecule has 0 radical (unpaired) electrons. The SMILES string of the molecule is C[C@H](O)[C@@H]1NC(=O)[C@@H](NC(=O)c2ccc(N3CCN(c4ccc(C5CCCCC5)cc4)CC3)cc2)C[C@H](O)CNC(=O)[C@@H]2[C@@H](O)[C@H](C)CN2C(=O)[C@H]([C@H](O)CCN)NC(=O)[C@H]([C@H](O)Cc2ccc(O)c(OSOOO)c2)NC(=O)[C@@H]2C[C@H](O)CN2C1=O. The minimum absolute atomic E-state index is 0.0876. The number of β-amino-alcohol motifs (C(OH)–C–C–N with tert-alkyl or cyclic N) is 1. The van der Waals surface area contributed by atoms with Gasteiger partial charge < -0.3 is 91.8 Å². The Morgan fingerprint density at radius 3 is 1.99 bits per heavy atom. The monoisotopic (exact) mass is 1240 g/mol. The maximum atomic E-state index is 14.7. The largest absolute Gasteiger partial charge is 0.504 e. The van der Waals surface area contributed by atoms with Crippen LogP contribution >= 0.6 is 12.3 Å². The van der Waals surface area contributed by atoms with Crippen LogP contribution in [0.5, 0.6) is 11.5 Å². The van der Waals surface area contributed by atoms with E-state index in [1.807, 2.05) is 0 Å². The number of fused-ring (bicyclic) bond motifs is 2. The van der Waals surface area contributed by atoms with Gasteiger partial charge in [-0.1, -0.05) is 53.8 Å². The van der Waals surface area contributed by atoms with Gasteiger partial charge in [-0.2, -0.15) is 0 Å². The molecule has 8 rings (SSSR count). The summed E-state index contributed by atoms with van der Waals surface area (Å²) in [7, 11) is 0. The van der Waals surface area contributed by atoms with E-state index in [2.05, 4.69) is 70.0 Å². The molecule has 4 saturated heterocycles. The number of nitrogens with two attached hydrogens (primary N) is 1. The second kappa shape index (κ2) is 30.3. The number of aliphatic hydroxyl groups excluding tert-OH is 6. The number of aliphatic hydroxyl groups is 6. The van der Waals surface area contributed by atoms with Crippen molar-refractivity contribution in [2.24, 2.45) is 11.7 Å². The van der Waals surface area contributed by atoms with E-state index in [1.165, 1.54) is 56.7 Å². The lowest BCUT2D eigenvalue weighted by atomic mass is 9.84. The second-order valence-corrected chi connectivity index (χ2v) is 23.6. The molecule has 5 fully saturated rings. The first-order valence-electron chi connectivity index (χ1n) is 29.4. The number of nitrogens with zero attached hydrogens (tertiary/aromatic N) is 4. The Balaban J connectivity index is 1.05. The highest BCUT2D eigenvalue weighted by molar-refractivity contribution is 7.90. The van der Waals surface area contributed by atoms with Gasteiger partial charge in [0.05, 0.1) is 36.6 Å². The maximum Gasteiger partial charge on any atom is 0.261 e. The lowest BCUT2D eigenvalue weighted by Gasteiger charge is -2.37. The van der Waals surface area contributed by atoms with Gasteiger partial charge in [0.2, 0.25) is 35.4 Å². The number of aromatic hydroxyl groups is 1. The summed E-state index contributed by atoms with van der Waals surface area (Å²) in [6.45, 7) is 3.88. The lowest BCUT2D eigenvalue weighted by molar-refractivity contribution is -0.433. The van der Waals surface area contributed by atoms with E-state index in [0.717, 1.165) is 47.3 Å². The summed E-state index contributed by atoms with van der Waals surface area (Å²) in [6, 6.07) is 8.16. The van der Waals surface area contributed by atoms with Crippen LogP contribution in [0.4, 0.5) is 11.4 Å². The molecule has 28 nitrogen and oxygen atoms in total. The van der Waals surface area contributed by atoms with Gasteiger partial charge in [-0.05, 0) is 98.3 Å². The molecule has 7 amide bonds. The molecule has 15 N–H and O–H groups in total. The lowest BCUT2D eigenvalue weighted by Crippen LogP contribution is -2.64. The number of nitrogens with one attached hydrogen (secondary N) is 5. The molecule has 29 heteroatoms. The number of anilines is 2. The zero-order valence-electron chi connectivity index (χ0n) is 48.4. The van der Waals surface area contributed by atoms with Crippen LogP contribution in [0.1, 0.15) is 92.6 Å². The van der Waals surface area contributed by atoms with Crippen LogP contribution in [-0.2, 0) is 44.6 Å². The minimum Gasteiger partial charge on any atom is -0.504 e.